The number of carbonyl (C=O) groups is 2. The van der Waals surface area contributed by atoms with E-state index in [1.54, 1.807) is 44.2 Å². The Balaban J connectivity index is 3.35. The number of benzene rings is 1. The first-order chi connectivity index (χ1) is 9.13. The zero-order valence-corrected chi connectivity index (χ0v) is 11.0. The van der Waals surface area contributed by atoms with Gasteiger partial charge in [0, 0.05) is 0 Å². The largest absolute Gasteiger partial charge is 0.464 e. The van der Waals surface area contributed by atoms with Crippen LogP contribution in [0.5, 0.6) is 0 Å². The second kappa shape index (κ2) is 6.60. The first kappa shape index (κ1) is 14.8. The molecule has 0 fully saturated rings. The molecular formula is C15H16O4. The first-order valence-corrected chi connectivity index (χ1v) is 6.01. The minimum atomic E-state index is -1.84. The van der Waals surface area contributed by atoms with Crippen LogP contribution in [0.2, 0.25) is 0 Å². The molecule has 4 heteroatoms. The van der Waals surface area contributed by atoms with Gasteiger partial charge in [-0.15, -0.1) is 6.42 Å². The molecular weight excluding hydrogens is 244 g/mol. The molecule has 0 aliphatic carbocycles. The molecule has 100 valence electrons. The van der Waals surface area contributed by atoms with Crippen molar-refractivity contribution in [3.63, 3.8) is 0 Å². The van der Waals surface area contributed by atoms with E-state index in [-0.39, 0.29) is 13.2 Å². The summed E-state index contributed by atoms with van der Waals surface area (Å²) in [4.78, 5) is 24.3. The second-order valence-corrected chi connectivity index (χ2v) is 3.70. The van der Waals surface area contributed by atoms with Crippen LogP contribution in [0.15, 0.2) is 30.3 Å². The lowest BCUT2D eigenvalue weighted by atomic mass is 9.81. The molecule has 0 aliphatic rings. The molecule has 0 aliphatic heterocycles. The van der Waals surface area contributed by atoms with Gasteiger partial charge in [0.05, 0.1) is 13.2 Å². The average molecular weight is 260 g/mol. The van der Waals surface area contributed by atoms with Crippen molar-refractivity contribution in [2.75, 3.05) is 13.2 Å². The van der Waals surface area contributed by atoms with Crippen LogP contribution < -0.4 is 0 Å². The molecule has 0 N–H and O–H groups in total. The molecule has 0 unspecified atom stereocenters. The fourth-order valence-electron chi connectivity index (χ4n) is 1.69. The number of ether oxygens (including phenoxy) is 2. The van der Waals surface area contributed by atoms with Crippen LogP contribution >= 0.6 is 0 Å². The van der Waals surface area contributed by atoms with Crippen LogP contribution in [0.1, 0.15) is 19.4 Å². The number of rotatable bonds is 5. The van der Waals surface area contributed by atoms with E-state index >= 15 is 0 Å². The Labute approximate surface area is 112 Å². The van der Waals surface area contributed by atoms with E-state index < -0.39 is 17.4 Å². The number of carbonyl (C=O) groups excluding carboxylic acids is 2. The number of hydrogen-bond acceptors (Lipinski definition) is 4. The summed E-state index contributed by atoms with van der Waals surface area (Å²) in [5, 5.41) is 0. The van der Waals surface area contributed by atoms with E-state index in [4.69, 9.17) is 15.9 Å². The molecule has 0 aromatic heterocycles. The molecule has 19 heavy (non-hydrogen) atoms. The average Bonchev–Trinajstić information content (AvgIpc) is 2.42. The third-order valence-corrected chi connectivity index (χ3v) is 2.59. The molecule has 4 nitrogen and oxygen atoms in total. The Hall–Kier alpha value is -2.28. The summed E-state index contributed by atoms with van der Waals surface area (Å²) in [6.07, 6.45) is 5.45. The molecule has 0 spiro atoms. The van der Waals surface area contributed by atoms with E-state index in [2.05, 4.69) is 5.92 Å². The number of esters is 2. The van der Waals surface area contributed by atoms with E-state index in [0.29, 0.717) is 5.56 Å². The van der Waals surface area contributed by atoms with Gasteiger partial charge >= 0.3 is 11.9 Å². The summed E-state index contributed by atoms with van der Waals surface area (Å²) in [7, 11) is 0. The third kappa shape index (κ3) is 2.76. The molecule has 0 amide bonds. The van der Waals surface area contributed by atoms with Gasteiger partial charge in [0.25, 0.3) is 0 Å². The highest BCUT2D eigenvalue weighted by Gasteiger charge is 2.49. The summed E-state index contributed by atoms with van der Waals surface area (Å²) in [5.41, 5.74) is -1.47. The summed E-state index contributed by atoms with van der Waals surface area (Å²) in [6, 6.07) is 8.36. The highest BCUT2D eigenvalue weighted by atomic mass is 16.6. The molecule has 1 aromatic rings. The number of terminal acetylenes is 1. The Bertz CT molecular complexity index is 467. The van der Waals surface area contributed by atoms with Crippen LogP contribution in [0, 0.1) is 12.3 Å². The zero-order chi connectivity index (χ0) is 14.3. The third-order valence-electron chi connectivity index (χ3n) is 2.59. The maximum atomic E-state index is 12.1. The molecule has 1 aromatic carbocycles. The fraction of sp³-hybridized carbons (Fsp3) is 0.333. The van der Waals surface area contributed by atoms with E-state index in [1.807, 2.05) is 0 Å². The van der Waals surface area contributed by atoms with Gasteiger partial charge < -0.3 is 9.47 Å². The second-order valence-electron chi connectivity index (χ2n) is 3.70. The van der Waals surface area contributed by atoms with Crippen LogP contribution in [0.3, 0.4) is 0 Å². The van der Waals surface area contributed by atoms with Crippen molar-refractivity contribution in [3.05, 3.63) is 35.9 Å². The van der Waals surface area contributed by atoms with Gasteiger partial charge in [0.1, 0.15) is 0 Å². The van der Waals surface area contributed by atoms with Crippen molar-refractivity contribution in [1.29, 1.82) is 0 Å². The van der Waals surface area contributed by atoms with Gasteiger partial charge in [0.2, 0.25) is 5.41 Å². The Morgan fingerprint density at radius 3 is 1.95 bits per heavy atom. The highest BCUT2D eigenvalue weighted by Crippen LogP contribution is 2.27. The van der Waals surface area contributed by atoms with Crippen molar-refractivity contribution >= 4 is 11.9 Å². The maximum Gasteiger partial charge on any atom is 0.340 e. The topological polar surface area (TPSA) is 52.6 Å². The Morgan fingerprint density at radius 1 is 1.11 bits per heavy atom. The van der Waals surface area contributed by atoms with Crippen LogP contribution in [-0.2, 0) is 24.5 Å². The van der Waals surface area contributed by atoms with Crippen molar-refractivity contribution in [2.24, 2.45) is 0 Å². The summed E-state index contributed by atoms with van der Waals surface area (Å²) >= 11 is 0. The summed E-state index contributed by atoms with van der Waals surface area (Å²) in [5.74, 6) is 0.673. The molecule has 0 bridgehead atoms. The van der Waals surface area contributed by atoms with Crippen LogP contribution in [0.25, 0.3) is 0 Å². The quantitative estimate of drug-likeness (QED) is 0.459. The van der Waals surface area contributed by atoms with Crippen molar-refractivity contribution in [1.82, 2.24) is 0 Å². The number of hydrogen-bond donors (Lipinski definition) is 0. The first-order valence-electron chi connectivity index (χ1n) is 6.01. The van der Waals surface area contributed by atoms with Crippen molar-refractivity contribution in [2.45, 2.75) is 19.3 Å². The van der Waals surface area contributed by atoms with Gasteiger partial charge in [-0.3, -0.25) is 0 Å². The molecule has 0 radical (unpaired) electrons. The SMILES string of the molecule is C#CC(C(=O)OCC)(C(=O)OCC)c1ccccc1. The molecule has 0 saturated heterocycles. The predicted molar refractivity (Wildman–Crippen MR) is 70.2 cm³/mol. The molecule has 0 saturated carbocycles. The molecule has 0 atom stereocenters. The van der Waals surface area contributed by atoms with Gasteiger partial charge in [0.15, 0.2) is 0 Å². The van der Waals surface area contributed by atoms with E-state index in [0.717, 1.165) is 0 Å². The van der Waals surface area contributed by atoms with Gasteiger partial charge in [-0.1, -0.05) is 36.3 Å². The van der Waals surface area contributed by atoms with E-state index in [9.17, 15) is 9.59 Å². The standard InChI is InChI=1S/C15H16O4/c1-4-15(13(16)18-5-2,14(17)19-6-3)12-10-8-7-9-11-12/h1,7-11H,5-6H2,2-3H3. The van der Waals surface area contributed by atoms with Crippen LogP contribution in [-0.4, -0.2) is 25.2 Å². The maximum absolute atomic E-state index is 12.1. The lowest BCUT2D eigenvalue weighted by molar-refractivity contribution is -0.161. The summed E-state index contributed by atoms with van der Waals surface area (Å²) < 4.78 is 9.88. The summed E-state index contributed by atoms with van der Waals surface area (Å²) in [6.45, 7) is 3.56. The Morgan fingerprint density at radius 2 is 1.58 bits per heavy atom. The minimum absolute atomic E-state index is 0.133. The monoisotopic (exact) mass is 260 g/mol. The highest BCUT2D eigenvalue weighted by molar-refractivity contribution is 6.10. The van der Waals surface area contributed by atoms with Crippen molar-refractivity contribution in [3.8, 4) is 12.3 Å². The smallest absolute Gasteiger partial charge is 0.340 e. The molecule has 0 heterocycles. The van der Waals surface area contributed by atoms with Gasteiger partial charge in [-0.05, 0) is 19.4 Å². The normalized spacial score (nSPS) is 10.4. The van der Waals surface area contributed by atoms with Crippen molar-refractivity contribution < 1.29 is 19.1 Å². The van der Waals surface area contributed by atoms with E-state index in [1.165, 1.54) is 0 Å². The van der Waals surface area contributed by atoms with Crippen LogP contribution in [0.4, 0.5) is 0 Å². The molecule has 1 rings (SSSR count). The zero-order valence-electron chi connectivity index (χ0n) is 11.0. The minimum Gasteiger partial charge on any atom is -0.464 e. The predicted octanol–water partition coefficient (Wildman–Crippen LogP) is 1.68. The Kier molecular flexibility index (Phi) is 5.13. The fourth-order valence-corrected chi connectivity index (χ4v) is 1.69. The lowest BCUT2D eigenvalue weighted by Gasteiger charge is -2.24. The van der Waals surface area contributed by atoms with Gasteiger partial charge in [-0.25, -0.2) is 9.59 Å². The van der Waals surface area contributed by atoms with Gasteiger partial charge in [-0.2, -0.15) is 0 Å². The lowest BCUT2D eigenvalue weighted by Crippen LogP contribution is -2.45.